The number of aliphatic hydroxyl groups is 2. The summed E-state index contributed by atoms with van der Waals surface area (Å²) in [6, 6.07) is 5.77. The Morgan fingerprint density at radius 1 is 1.36 bits per heavy atom. The molecule has 0 aliphatic rings. The van der Waals surface area contributed by atoms with E-state index >= 15 is 0 Å². The third-order valence-corrected chi connectivity index (χ3v) is 1.31. The predicted octanol–water partition coefficient (Wildman–Crippen LogP) is 0.679. The molecule has 0 spiro atoms. The van der Waals surface area contributed by atoms with E-state index in [0.717, 1.165) is 0 Å². The Morgan fingerprint density at radius 3 is 2.64 bits per heavy atom. The average Bonchev–Trinajstić information content (AvgIpc) is 1.85. The molecule has 0 saturated heterocycles. The summed E-state index contributed by atoms with van der Waals surface area (Å²) in [4.78, 5) is 0. The van der Waals surface area contributed by atoms with Gasteiger partial charge in [-0.15, -0.1) is 0 Å². The van der Waals surface area contributed by atoms with Gasteiger partial charge in [0.05, 0.1) is 0 Å². The van der Waals surface area contributed by atoms with E-state index in [4.69, 9.17) is 10.2 Å². The van der Waals surface area contributed by atoms with Crippen LogP contribution in [-0.2, 0) is 6.42 Å². The van der Waals surface area contributed by atoms with Crippen molar-refractivity contribution in [3.63, 3.8) is 0 Å². The lowest BCUT2D eigenvalue weighted by Gasteiger charge is -2.02. The first-order valence-corrected chi connectivity index (χ1v) is 3.29. The molecule has 0 aromatic heterocycles. The van der Waals surface area contributed by atoms with E-state index in [-0.39, 0.29) is 12.2 Å². The van der Waals surface area contributed by atoms with Crippen LogP contribution in [0.4, 0.5) is 4.39 Å². The number of hydrogen-bond acceptors (Lipinski definition) is 2. The van der Waals surface area contributed by atoms with E-state index in [1.54, 1.807) is 6.07 Å². The fraction of sp³-hybridized carbons (Fsp3) is 0.250. The van der Waals surface area contributed by atoms with Gasteiger partial charge < -0.3 is 10.2 Å². The Morgan fingerprint density at radius 2 is 2.09 bits per heavy atom. The number of halogens is 1. The molecule has 1 aromatic rings. The molecule has 2 nitrogen and oxygen atoms in total. The Hall–Kier alpha value is -0.930. The van der Waals surface area contributed by atoms with Crippen LogP contribution in [0.15, 0.2) is 24.3 Å². The van der Waals surface area contributed by atoms with E-state index in [1.165, 1.54) is 18.2 Å². The van der Waals surface area contributed by atoms with Gasteiger partial charge in [-0.2, -0.15) is 0 Å². The van der Waals surface area contributed by atoms with Crippen molar-refractivity contribution < 1.29 is 14.6 Å². The topological polar surface area (TPSA) is 40.5 Å². The van der Waals surface area contributed by atoms with Crippen LogP contribution in [0.3, 0.4) is 0 Å². The predicted molar refractivity (Wildman–Crippen MR) is 38.3 cm³/mol. The zero-order chi connectivity index (χ0) is 8.27. The lowest BCUT2D eigenvalue weighted by Crippen LogP contribution is -2.08. The van der Waals surface area contributed by atoms with Crippen LogP contribution in [0.25, 0.3) is 0 Å². The second-order valence-corrected chi connectivity index (χ2v) is 2.31. The van der Waals surface area contributed by atoms with Crippen LogP contribution in [0.5, 0.6) is 0 Å². The first-order valence-electron chi connectivity index (χ1n) is 3.29. The lowest BCUT2D eigenvalue weighted by molar-refractivity contribution is -0.0381. The minimum absolute atomic E-state index is 0.0672. The molecule has 0 unspecified atom stereocenters. The van der Waals surface area contributed by atoms with Crippen LogP contribution in [-0.4, -0.2) is 16.5 Å². The molecule has 2 N–H and O–H groups in total. The number of rotatable bonds is 2. The molecule has 1 rings (SSSR count). The van der Waals surface area contributed by atoms with Crippen LogP contribution in [0.2, 0.25) is 0 Å². The molecule has 1 aromatic carbocycles. The number of aliphatic hydroxyl groups excluding tert-OH is 1. The highest BCUT2D eigenvalue weighted by atomic mass is 19.1. The van der Waals surface area contributed by atoms with Gasteiger partial charge in [0, 0.05) is 6.42 Å². The maximum absolute atomic E-state index is 12.5. The molecule has 3 heteroatoms. The molecule has 0 saturated carbocycles. The molecule has 60 valence electrons. The summed E-state index contributed by atoms with van der Waals surface area (Å²) in [7, 11) is 0. The van der Waals surface area contributed by atoms with Gasteiger partial charge in [0.25, 0.3) is 0 Å². The fourth-order valence-corrected chi connectivity index (χ4v) is 0.875. The minimum atomic E-state index is -1.41. The van der Waals surface area contributed by atoms with Gasteiger partial charge in [-0.05, 0) is 17.7 Å². The molecule has 0 amide bonds. The first kappa shape index (κ1) is 8.17. The Labute approximate surface area is 63.9 Å². The van der Waals surface area contributed by atoms with Crippen LogP contribution in [0.1, 0.15) is 5.56 Å². The van der Waals surface area contributed by atoms with E-state index in [9.17, 15) is 4.39 Å². The van der Waals surface area contributed by atoms with Gasteiger partial charge in [-0.25, -0.2) is 4.39 Å². The lowest BCUT2D eigenvalue weighted by atomic mass is 10.1. The third kappa shape index (κ3) is 2.65. The highest BCUT2D eigenvalue weighted by molar-refractivity contribution is 5.16. The standard InChI is InChI=1S/C8H9FO2/c9-7-3-1-2-6(4-7)5-8(10)11/h1-4,8,10-11H,5H2. The van der Waals surface area contributed by atoms with Gasteiger partial charge in [0.1, 0.15) is 5.82 Å². The SMILES string of the molecule is OC(O)Cc1cccc(F)c1. The molecule has 0 atom stereocenters. The first-order chi connectivity index (χ1) is 5.18. The highest BCUT2D eigenvalue weighted by Gasteiger charge is 2.00. The summed E-state index contributed by atoms with van der Waals surface area (Å²) in [5.74, 6) is -0.358. The van der Waals surface area contributed by atoms with Crippen LogP contribution < -0.4 is 0 Å². The van der Waals surface area contributed by atoms with E-state index in [1.807, 2.05) is 0 Å². The number of benzene rings is 1. The van der Waals surface area contributed by atoms with E-state index in [2.05, 4.69) is 0 Å². The summed E-state index contributed by atoms with van der Waals surface area (Å²) >= 11 is 0. The monoisotopic (exact) mass is 156 g/mol. The maximum Gasteiger partial charge on any atom is 0.155 e. The quantitative estimate of drug-likeness (QED) is 0.618. The van der Waals surface area contributed by atoms with Crippen molar-refractivity contribution in [2.45, 2.75) is 12.7 Å². The summed E-state index contributed by atoms with van der Waals surface area (Å²) in [5.41, 5.74) is 0.583. The Kier molecular flexibility index (Phi) is 2.57. The molecule has 0 aliphatic heterocycles. The van der Waals surface area contributed by atoms with Crippen LogP contribution >= 0.6 is 0 Å². The fourth-order valence-electron chi connectivity index (χ4n) is 0.875. The normalized spacial score (nSPS) is 10.5. The minimum Gasteiger partial charge on any atom is -0.368 e. The molecule has 0 bridgehead atoms. The van der Waals surface area contributed by atoms with Crippen molar-refractivity contribution in [1.29, 1.82) is 0 Å². The van der Waals surface area contributed by atoms with Crippen molar-refractivity contribution >= 4 is 0 Å². The van der Waals surface area contributed by atoms with Crippen molar-refractivity contribution in [1.82, 2.24) is 0 Å². The molecular weight excluding hydrogens is 147 g/mol. The summed E-state index contributed by atoms with van der Waals surface area (Å²) in [5, 5.41) is 17.1. The van der Waals surface area contributed by atoms with Gasteiger partial charge in [0.15, 0.2) is 6.29 Å². The second kappa shape index (κ2) is 3.46. The van der Waals surface area contributed by atoms with Crippen molar-refractivity contribution in [3.8, 4) is 0 Å². The van der Waals surface area contributed by atoms with Crippen molar-refractivity contribution in [2.75, 3.05) is 0 Å². The smallest absolute Gasteiger partial charge is 0.155 e. The van der Waals surface area contributed by atoms with E-state index < -0.39 is 6.29 Å². The van der Waals surface area contributed by atoms with Crippen molar-refractivity contribution in [3.05, 3.63) is 35.6 Å². The Balaban J connectivity index is 2.71. The van der Waals surface area contributed by atoms with Crippen LogP contribution in [0, 0.1) is 5.82 Å². The maximum atomic E-state index is 12.5. The average molecular weight is 156 g/mol. The zero-order valence-electron chi connectivity index (χ0n) is 5.87. The third-order valence-electron chi connectivity index (χ3n) is 1.31. The molecule has 0 aliphatic carbocycles. The molecule has 0 radical (unpaired) electrons. The second-order valence-electron chi connectivity index (χ2n) is 2.31. The molecule has 11 heavy (non-hydrogen) atoms. The molecule has 0 heterocycles. The van der Waals surface area contributed by atoms with Gasteiger partial charge in [-0.3, -0.25) is 0 Å². The molecular formula is C8H9FO2. The molecule has 0 fully saturated rings. The summed E-state index contributed by atoms with van der Waals surface area (Å²) < 4.78 is 12.5. The van der Waals surface area contributed by atoms with Gasteiger partial charge >= 0.3 is 0 Å². The van der Waals surface area contributed by atoms with E-state index in [0.29, 0.717) is 5.56 Å². The Bertz CT molecular complexity index is 235. The summed E-state index contributed by atoms with van der Waals surface area (Å²) in [6.07, 6.45) is -1.34. The number of hydrogen-bond donors (Lipinski definition) is 2. The highest BCUT2D eigenvalue weighted by Crippen LogP contribution is 2.04. The van der Waals surface area contributed by atoms with Crippen molar-refractivity contribution in [2.24, 2.45) is 0 Å². The zero-order valence-corrected chi connectivity index (χ0v) is 5.87. The summed E-state index contributed by atoms with van der Waals surface area (Å²) in [6.45, 7) is 0. The van der Waals surface area contributed by atoms with Gasteiger partial charge in [0.2, 0.25) is 0 Å². The van der Waals surface area contributed by atoms with Gasteiger partial charge in [-0.1, -0.05) is 12.1 Å². The largest absolute Gasteiger partial charge is 0.368 e.